The Morgan fingerprint density at radius 2 is 2.21 bits per heavy atom. The highest BCUT2D eigenvalue weighted by molar-refractivity contribution is 5.64. The molecule has 1 aliphatic heterocycles. The fourth-order valence-electron chi connectivity index (χ4n) is 2.78. The molecule has 0 amide bonds. The topological polar surface area (TPSA) is 77.2 Å². The van der Waals surface area contributed by atoms with Crippen molar-refractivity contribution in [3.05, 3.63) is 79.1 Å². The zero-order valence-electron chi connectivity index (χ0n) is 15.5. The lowest BCUT2D eigenvalue weighted by molar-refractivity contribution is 0.245. The predicted molar refractivity (Wildman–Crippen MR) is 109 cm³/mol. The van der Waals surface area contributed by atoms with Crippen LogP contribution in [0.1, 0.15) is 12.0 Å². The van der Waals surface area contributed by atoms with Crippen LogP contribution in [0.3, 0.4) is 0 Å². The molecule has 7 heteroatoms. The number of hydrogen-bond donors (Lipinski definition) is 1. The van der Waals surface area contributed by atoms with Gasteiger partial charge in [-0.3, -0.25) is 4.98 Å². The van der Waals surface area contributed by atoms with Gasteiger partial charge in [-0.1, -0.05) is 25.3 Å². The number of nitrogens with zero attached hydrogens (tertiary/aromatic N) is 4. The van der Waals surface area contributed by atoms with E-state index in [2.05, 4.69) is 23.1 Å². The molecule has 28 heavy (non-hydrogen) atoms. The van der Waals surface area contributed by atoms with Gasteiger partial charge in [-0.25, -0.2) is 14.4 Å². The van der Waals surface area contributed by atoms with Crippen LogP contribution in [0.15, 0.2) is 73.6 Å². The van der Waals surface area contributed by atoms with Gasteiger partial charge in [0.2, 0.25) is 0 Å². The third-order valence-corrected chi connectivity index (χ3v) is 4.25. The molecule has 2 aromatic rings. The average molecular weight is 379 g/mol. The van der Waals surface area contributed by atoms with Crippen LogP contribution < -0.4 is 10.6 Å². The lowest BCUT2D eigenvalue weighted by Crippen LogP contribution is -2.27. The Bertz CT molecular complexity index is 924. The molecule has 0 saturated heterocycles. The Kier molecular flexibility index (Phi) is 6.16. The second-order valence-corrected chi connectivity index (χ2v) is 6.15. The van der Waals surface area contributed by atoms with Gasteiger partial charge in [-0.15, -0.1) is 0 Å². The highest BCUT2D eigenvalue weighted by atomic mass is 19.1. The number of aromatic nitrogens is 3. The van der Waals surface area contributed by atoms with E-state index < -0.39 is 5.83 Å². The number of ether oxygens (including phenoxy) is 1. The molecule has 0 saturated carbocycles. The van der Waals surface area contributed by atoms with Gasteiger partial charge in [-0.2, -0.15) is 0 Å². The fraction of sp³-hybridized carbons (Fsp3) is 0.190. The minimum atomic E-state index is -0.396. The first-order valence-electron chi connectivity index (χ1n) is 8.89. The van der Waals surface area contributed by atoms with Gasteiger partial charge in [0.1, 0.15) is 29.8 Å². The van der Waals surface area contributed by atoms with Gasteiger partial charge < -0.3 is 15.4 Å². The molecule has 144 valence electrons. The van der Waals surface area contributed by atoms with Crippen molar-refractivity contribution >= 4 is 11.6 Å². The zero-order chi connectivity index (χ0) is 19.9. The van der Waals surface area contributed by atoms with Crippen LogP contribution in [0.4, 0.5) is 16.0 Å². The van der Waals surface area contributed by atoms with Gasteiger partial charge >= 0.3 is 0 Å². The van der Waals surface area contributed by atoms with Gasteiger partial charge in [0.15, 0.2) is 5.82 Å². The SMILES string of the molecule is C=C/C=C(/F)C(=C)CCc1c(N)nc(-c2ccccn2)nc1N1C=COCC1. The summed E-state index contributed by atoms with van der Waals surface area (Å²) >= 11 is 0. The molecule has 0 bridgehead atoms. The van der Waals surface area contributed by atoms with Crippen LogP contribution in [-0.4, -0.2) is 28.1 Å². The van der Waals surface area contributed by atoms with E-state index in [-0.39, 0.29) is 0 Å². The van der Waals surface area contributed by atoms with Crippen LogP contribution in [0.2, 0.25) is 0 Å². The average Bonchev–Trinajstić information content (AvgIpc) is 2.73. The molecule has 0 radical (unpaired) electrons. The van der Waals surface area contributed by atoms with Crippen molar-refractivity contribution in [3.8, 4) is 11.5 Å². The third-order valence-electron chi connectivity index (χ3n) is 4.25. The first kappa shape index (κ1) is 19.3. The largest absolute Gasteiger partial charge is 0.498 e. The van der Waals surface area contributed by atoms with E-state index in [0.29, 0.717) is 54.7 Å². The summed E-state index contributed by atoms with van der Waals surface area (Å²) in [6.07, 6.45) is 8.60. The van der Waals surface area contributed by atoms with Crippen LogP contribution in [0.5, 0.6) is 0 Å². The van der Waals surface area contributed by atoms with Crippen molar-refractivity contribution in [2.24, 2.45) is 0 Å². The van der Waals surface area contributed by atoms with Crippen LogP contribution in [-0.2, 0) is 11.2 Å². The van der Waals surface area contributed by atoms with Crippen LogP contribution in [0.25, 0.3) is 11.5 Å². The molecule has 6 nitrogen and oxygen atoms in total. The molecule has 2 N–H and O–H groups in total. The molecule has 0 unspecified atom stereocenters. The third kappa shape index (κ3) is 4.43. The Labute approximate surface area is 163 Å². The first-order chi connectivity index (χ1) is 13.6. The summed E-state index contributed by atoms with van der Waals surface area (Å²) in [6, 6.07) is 5.51. The molecule has 0 fully saturated rings. The van der Waals surface area contributed by atoms with E-state index in [1.807, 2.05) is 23.1 Å². The molecular weight excluding hydrogens is 357 g/mol. The highest BCUT2D eigenvalue weighted by Gasteiger charge is 2.20. The number of hydrogen-bond acceptors (Lipinski definition) is 6. The minimum Gasteiger partial charge on any atom is -0.498 e. The second-order valence-electron chi connectivity index (χ2n) is 6.15. The molecule has 0 aromatic carbocycles. The maximum absolute atomic E-state index is 13.9. The highest BCUT2D eigenvalue weighted by Crippen LogP contribution is 2.30. The lowest BCUT2D eigenvalue weighted by atomic mass is 10.0. The van der Waals surface area contributed by atoms with E-state index in [1.54, 1.807) is 18.7 Å². The Balaban J connectivity index is 1.97. The summed E-state index contributed by atoms with van der Waals surface area (Å²) in [7, 11) is 0. The quantitative estimate of drug-likeness (QED) is 0.734. The molecular formula is C21H22FN5O. The molecule has 1 aliphatic rings. The molecule has 2 aromatic heterocycles. The molecule has 0 spiro atoms. The normalized spacial score (nSPS) is 13.9. The minimum absolute atomic E-state index is 0.339. The maximum atomic E-state index is 13.9. The number of nitrogens with two attached hydrogens (primary N) is 1. The van der Waals surface area contributed by atoms with Gasteiger partial charge in [0.05, 0.1) is 12.8 Å². The lowest BCUT2D eigenvalue weighted by Gasteiger charge is -2.25. The van der Waals surface area contributed by atoms with E-state index in [0.717, 1.165) is 5.56 Å². The number of halogens is 1. The Morgan fingerprint density at radius 1 is 1.36 bits per heavy atom. The van der Waals surface area contributed by atoms with Gasteiger partial charge in [-0.05, 0) is 36.6 Å². The Hall–Kier alpha value is -3.48. The summed E-state index contributed by atoms with van der Waals surface area (Å²) in [6.45, 7) is 8.44. The van der Waals surface area contributed by atoms with E-state index in [9.17, 15) is 4.39 Å². The van der Waals surface area contributed by atoms with E-state index in [1.165, 1.54) is 12.2 Å². The number of anilines is 2. The van der Waals surface area contributed by atoms with Crippen molar-refractivity contribution in [2.75, 3.05) is 23.8 Å². The summed E-state index contributed by atoms with van der Waals surface area (Å²) in [4.78, 5) is 15.4. The molecule has 0 aliphatic carbocycles. The van der Waals surface area contributed by atoms with E-state index >= 15 is 0 Å². The summed E-state index contributed by atoms with van der Waals surface area (Å²) in [5.41, 5.74) is 8.01. The molecule has 3 heterocycles. The first-order valence-corrected chi connectivity index (χ1v) is 8.89. The summed E-state index contributed by atoms with van der Waals surface area (Å²) in [5.74, 6) is 1.04. The summed E-state index contributed by atoms with van der Waals surface area (Å²) in [5, 5.41) is 0. The van der Waals surface area contributed by atoms with Crippen molar-refractivity contribution in [2.45, 2.75) is 12.8 Å². The van der Waals surface area contributed by atoms with Crippen molar-refractivity contribution in [3.63, 3.8) is 0 Å². The summed E-state index contributed by atoms with van der Waals surface area (Å²) < 4.78 is 19.2. The van der Waals surface area contributed by atoms with Gasteiger partial charge in [0.25, 0.3) is 0 Å². The van der Waals surface area contributed by atoms with Crippen LogP contribution in [0, 0.1) is 0 Å². The fourth-order valence-corrected chi connectivity index (χ4v) is 2.78. The van der Waals surface area contributed by atoms with Crippen molar-refractivity contribution < 1.29 is 9.13 Å². The smallest absolute Gasteiger partial charge is 0.182 e. The molecule has 3 rings (SSSR count). The number of rotatable bonds is 7. The van der Waals surface area contributed by atoms with Crippen molar-refractivity contribution in [1.82, 2.24) is 15.0 Å². The van der Waals surface area contributed by atoms with Crippen LogP contribution >= 0.6 is 0 Å². The zero-order valence-corrected chi connectivity index (χ0v) is 15.5. The maximum Gasteiger partial charge on any atom is 0.182 e. The predicted octanol–water partition coefficient (Wildman–Crippen LogP) is 3.96. The number of allylic oxidation sites excluding steroid dienone is 4. The monoisotopic (exact) mass is 379 g/mol. The standard InChI is InChI=1S/C21H22FN5O/c1-3-6-17(22)15(2)8-9-16-19(23)25-20(18-7-4-5-10-24-18)26-21(16)27-11-13-28-14-12-27/h3-7,10-11,13H,1-2,8-9,12,14H2,(H2,23,25,26)/b17-6+. The van der Waals surface area contributed by atoms with Gasteiger partial charge in [0, 0.05) is 18.0 Å². The second kappa shape index (κ2) is 8.94. The Morgan fingerprint density at radius 3 is 2.89 bits per heavy atom. The number of pyridine rings is 1. The molecule has 0 atom stereocenters. The van der Waals surface area contributed by atoms with E-state index in [4.69, 9.17) is 15.5 Å². The van der Waals surface area contributed by atoms with Crippen molar-refractivity contribution in [1.29, 1.82) is 0 Å². The number of nitrogen functional groups attached to an aromatic ring is 1.